The van der Waals surface area contributed by atoms with Gasteiger partial charge in [0.15, 0.2) is 17.4 Å². The maximum atomic E-state index is 12.8. The Kier molecular flexibility index (Phi) is 4.10. The first kappa shape index (κ1) is 18.7. The number of thiophene rings is 1. The van der Waals surface area contributed by atoms with E-state index in [-0.39, 0.29) is 17.1 Å². The van der Waals surface area contributed by atoms with Gasteiger partial charge in [-0.15, -0.1) is 11.3 Å². The largest absolute Gasteiger partial charge is 0.340 e. The quantitative estimate of drug-likeness (QED) is 0.279. The van der Waals surface area contributed by atoms with E-state index in [0.717, 1.165) is 32.8 Å². The number of para-hydroxylation sites is 2. The molecule has 0 unspecified atom stereocenters. The van der Waals surface area contributed by atoms with E-state index < -0.39 is 0 Å². The van der Waals surface area contributed by atoms with Crippen LogP contribution in [-0.2, 0) is 0 Å². The van der Waals surface area contributed by atoms with E-state index >= 15 is 0 Å². The van der Waals surface area contributed by atoms with Gasteiger partial charge in [-0.25, -0.2) is 4.98 Å². The minimum Gasteiger partial charge on any atom is -0.340 e. The molecule has 0 fully saturated rings. The Morgan fingerprint density at radius 3 is 2.19 bits per heavy atom. The summed E-state index contributed by atoms with van der Waals surface area (Å²) in [4.78, 5) is 35.3. The fourth-order valence-electron chi connectivity index (χ4n) is 4.31. The SMILES string of the molecule is CN1c2ccccc2N(c2ccc(C=C3C(=O)c4ccccc4C3=O)s2)c2ncccc21. The molecule has 1 aliphatic heterocycles. The smallest absolute Gasteiger partial charge is 0.197 e. The fraction of sp³-hybridized carbons (Fsp3) is 0.0385. The minimum atomic E-state index is -0.211. The van der Waals surface area contributed by atoms with Crippen LogP contribution in [0.1, 0.15) is 25.6 Å². The lowest BCUT2D eigenvalue weighted by Gasteiger charge is -2.36. The summed E-state index contributed by atoms with van der Waals surface area (Å²) in [7, 11) is 2.04. The Morgan fingerprint density at radius 2 is 1.44 bits per heavy atom. The average molecular weight is 436 g/mol. The van der Waals surface area contributed by atoms with Crippen LogP contribution < -0.4 is 9.80 Å². The third-order valence-electron chi connectivity index (χ3n) is 5.85. The van der Waals surface area contributed by atoms with Gasteiger partial charge in [0.1, 0.15) is 5.00 Å². The van der Waals surface area contributed by atoms with E-state index in [2.05, 4.69) is 33.0 Å². The van der Waals surface area contributed by atoms with Gasteiger partial charge >= 0.3 is 0 Å². The molecule has 2 aromatic heterocycles. The topological polar surface area (TPSA) is 53.5 Å². The third kappa shape index (κ3) is 2.66. The first-order chi connectivity index (χ1) is 15.6. The monoisotopic (exact) mass is 435 g/mol. The summed E-state index contributed by atoms with van der Waals surface area (Å²) < 4.78 is 0. The lowest BCUT2D eigenvalue weighted by atomic mass is 10.1. The molecule has 6 rings (SSSR count). The van der Waals surface area contributed by atoms with Gasteiger partial charge in [0.2, 0.25) is 0 Å². The number of Topliss-reactive ketones (excluding diaryl/α,β-unsaturated/α-hetero) is 2. The molecule has 6 heteroatoms. The van der Waals surface area contributed by atoms with Crippen molar-refractivity contribution in [2.24, 2.45) is 0 Å². The molecule has 0 amide bonds. The van der Waals surface area contributed by atoms with Gasteiger partial charge in [-0.2, -0.15) is 0 Å². The fourth-order valence-corrected chi connectivity index (χ4v) is 5.28. The van der Waals surface area contributed by atoms with Gasteiger partial charge < -0.3 is 4.90 Å². The molecule has 4 aromatic rings. The predicted molar refractivity (Wildman–Crippen MR) is 128 cm³/mol. The Bertz CT molecular complexity index is 1370. The molecule has 0 spiro atoms. The Balaban J connectivity index is 1.44. The number of ketones is 2. The molecule has 0 N–H and O–H groups in total. The van der Waals surface area contributed by atoms with Crippen molar-refractivity contribution in [3.63, 3.8) is 0 Å². The molecule has 0 bridgehead atoms. The molecule has 0 saturated heterocycles. The van der Waals surface area contributed by atoms with E-state index in [1.807, 2.05) is 37.4 Å². The highest BCUT2D eigenvalue weighted by Gasteiger charge is 2.33. The predicted octanol–water partition coefficient (Wildman–Crippen LogP) is 6.16. The molecule has 0 radical (unpaired) electrons. The molecule has 2 aliphatic rings. The van der Waals surface area contributed by atoms with E-state index in [4.69, 9.17) is 0 Å². The lowest BCUT2D eigenvalue weighted by Crippen LogP contribution is -2.24. The number of anilines is 5. The van der Waals surface area contributed by atoms with Gasteiger partial charge in [-0.05, 0) is 42.5 Å². The summed E-state index contributed by atoms with van der Waals surface area (Å²) in [6, 6.07) is 23.1. The highest BCUT2D eigenvalue weighted by atomic mass is 32.1. The summed E-state index contributed by atoms with van der Waals surface area (Å²) in [5.41, 5.74) is 4.30. The maximum Gasteiger partial charge on any atom is 0.197 e. The van der Waals surface area contributed by atoms with Gasteiger partial charge in [-0.1, -0.05) is 36.4 Å². The van der Waals surface area contributed by atoms with E-state index in [9.17, 15) is 9.59 Å². The number of hydrogen-bond donors (Lipinski definition) is 0. The number of benzene rings is 2. The summed E-state index contributed by atoms with van der Waals surface area (Å²) in [5.74, 6) is 0.421. The molecular weight excluding hydrogens is 418 g/mol. The Hall–Kier alpha value is -4.03. The molecule has 0 saturated carbocycles. The van der Waals surface area contributed by atoms with Crippen molar-refractivity contribution in [2.75, 3.05) is 16.8 Å². The van der Waals surface area contributed by atoms with Crippen molar-refractivity contribution in [2.45, 2.75) is 0 Å². The molecular formula is C26H17N3O2S. The zero-order valence-electron chi connectivity index (χ0n) is 17.1. The highest BCUT2D eigenvalue weighted by Crippen LogP contribution is 2.51. The van der Waals surface area contributed by atoms with Gasteiger partial charge in [0.05, 0.1) is 22.6 Å². The van der Waals surface area contributed by atoms with E-state index in [1.165, 1.54) is 11.3 Å². The van der Waals surface area contributed by atoms with Crippen LogP contribution in [0.4, 0.5) is 27.9 Å². The maximum absolute atomic E-state index is 12.8. The van der Waals surface area contributed by atoms with Gasteiger partial charge in [-0.3, -0.25) is 14.5 Å². The number of fused-ring (bicyclic) bond motifs is 3. The van der Waals surface area contributed by atoms with Crippen molar-refractivity contribution in [3.05, 3.63) is 101 Å². The third-order valence-corrected chi connectivity index (χ3v) is 6.87. The summed E-state index contributed by atoms with van der Waals surface area (Å²) in [5, 5.41) is 0.966. The van der Waals surface area contributed by atoms with Gasteiger partial charge in [0, 0.05) is 29.2 Å². The van der Waals surface area contributed by atoms with Crippen molar-refractivity contribution in [3.8, 4) is 0 Å². The van der Waals surface area contributed by atoms with Crippen molar-refractivity contribution in [1.29, 1.82) is 0 Å². The van der Waals surface area contributed by atoms with Crippen LogP contribution in [-0.4, -0.2) is 23.6 Å². The van der Waals surface area contributed by atoms with Crippen LogP contribution in [0.5, 0.6) is 0 Å². The second kappa shape index (κ2) is 7.00. The normalized spacial score (nSPS) is 14.3. The molecule has 32 heavy (non-hydrogen) atoms. The lowest BCUT2D eigenvalue weighted by molar-refractivity contribution is 0.0990. The molecule has 1 aliphatic carbocycles. The highest BCUT2D eigenvalue weighted by molar-refractivity contribution is 7.17. The molecule has 154 valence electrons. The Labute approximate surface area is 188 Å². The summed E-state index contributed by atoms with van der Waals surface area (Å²) in [6.45, 7) is 0. The minimum absolute atomic E-state index is 0.211. The van der Waals surface area contributed by atoms with Crippen molar-refractivity contribution >= 4 is 56.9 Å². The van der Waals surface area contributed by atoms with Crippen molar-refractivity contribution in [1.82, 2.24) is 4.98 Å². The van der Waals surface area contributed by atoms with Crippen LogP contribution in [0.3, 0.4) is 0 Å². The van der Waals surface area contributed by atoms with Crippen LogP contribution in [0.2, 0.25) is 0 Å². The number of allylic oxidation sites excluding steroid dienone is 1. The van der Waals surface area contributed by atoms with Crippen LogP contribution in [0.15, 0.2) is 84.6 Å². The van der Waals surface area contributed by atoms with Crippen LogP contribution in [0, 0.1) is 0 Å². The summed E-state index contributed by atoms with van der Waals surface area (Å²) >= 11 is 1.52. The number of aromatic nitrogens is 1. The average Bonchev–Trinajstić information content (AvgIpc) is 3.39. The first-order valence-electron chi connectivity index (χ1n) is 10.2. The second-order valence-electron chi connectivity index (χ2n) is 7.67. The molecule has 5 nitrogen and oxygen atoms in total. The standard InChI is InChI=1S/C26H17N3O2S/c1-28-20-9-4-5-10-21(20)29(26-22(28)11-6-14-27-26)23-13-12-16(32-23)15-19-24(30)17-7-2-3-8-18(17)25(19)31/h2-15H,1H3. The van der Waals surface area contributed by atoms with E-state index in [1.54, 1.807) is 36.5 Å². The molecule has 2 aromatic carbocycles. The number of carbonyl (C=O) groups is 2. The number of pyridine rings is 1. The van der Waals surface area contributed by atoms with Gasteiger partial charge in [0.25, 0.3) is 0 Å². The van der Waals surface area contributed by atoms with E-state index in [0.29, 0.717) is 11.1 Å². The summed E-state index contributed by atoms with van der Waals surface area (Å²) in [6.07, 6.45) is 3.50. The molecule has 0 atom stereocenters. The zero-order chi connectivity index (χ0) is 21.8. The van der Waals surface area contributed by atoms with Crippen LogP contribution in [0.25, 0.3) is 6.08 Å². The number of rotatable bonds is 2. The number of nitrogens with zero attached hydrogens (tertiary/aromatic N) is 3. The zero-order valence-corrected chi connectivity index (χ0v) is 18.0. The second-order valence-corrected chi connectivity index (χ2v) is 8.76. The first-order valence-corrected chi connectivity index (χ1v) is 11.0. The van der Waals surface area contributed by atoms with Crippen LogP contribution >= 0.6 is 11.3 Å². The number of hydrogen-bond acceptors (Lipinski definition) is 6. The van der Waals surface area contributed by atoms with Crippen molar-refractivity contribution < 1.29 is 9.59 Å². The number of carbonyl (C=O) groups excluding carboxylic acids is 2. The molecule has 3 heterocycles. The Morgan fingerprint density at radius 1 is 0.781 bits per heavy atom.